The zero-order chi connectivity index (χ0) is 14.2. The maximum atomic E-state index is 12.4. The molecular weight excluding hydrogens is 264 g/mol. The maximum Gasteiger partial charge on any atom is 0.191 e. The summed E-state index contributed by atoms with van der Waals surface area (Å²) in [6.07, 6.45) is 0. The van der Waals surface area contributed by atoms with Gasteiger partial charge in [0.05, 0.1) is 18.7 Å². The van der Waals surface area contributed by atoms with Gasteiger partial charge in [-0.3, -0.25) is 4.79 Å². The minimum atomic E-state index is 0.0657. The molecule has 0 radical (unpaired) electrons. The van der Waals surface area contributed by atoms with Crippen LogP contribution in [0.2, 0.25) is 0 Å². The van der Waals surface area contributed by atoms with Gasteiger partial charge in [-0.05, 0) is 11.5 Å². The molecule has 2 aromatic carbocycles. The Morgan fingerprint density at radius 3 is 2.67 bits per heavy atom. The largest absolute Gasteiger partial charge is 0.378 e. The van der Waals surface area contributed by atoms with Crippen LogP contribution in [0, 0.1) is 0 Å². The van der Waals surface area contributed by atoms with Gasteiger partial charge in [-0.25, -0.2) is 0 Å². The average molecular weight is 280 g/mol. The third-order valence-electron chi connectivity index (χ3n) is 4.07. The van der Waals surface area contributed by atoms with Crippen molar-refractivity contribution in [2.75, 3.05) is 31.2 Å². The van der Waals surface area contributed by atoms with Gasteiger partial charge < -0.3 is 14.6 Å². The molecule has 3 aromatic rings. The van der Waals surface area contributed by atoms with Crippen molar-refractivity contribution in [1.82, 2.24) is 4.98 Å². The van der Waals surface area contributed by atoms with E-state index in [4.69, 9.17) is 4.74 Å². The van der Waals surface area contributed by atoms with Crippen LogP contribution in [0.25, 0.3) is 21.7 Å². The van der Waals surface area contributed by atoms with Crippen LogP contribution in [0.5, 0.6) is 0 Å². The number of H-pyrrole nitrogens is 1. The molecule has 0 spiro atoms. The van der Waals surface area contributed by atoms with Gasteiger partial charge in [0.1, 0.15) is 5.82 Å². The van der Waals surface area contributed by atoms with E-state index in [9.17, 15) is 4.79 Å². The van der Waals surface area contributed by atoms with Crippen LogP contribution in [0.15, 0.2) is 47.3 Å². The first kappa shape index (κ1) is 12.4. The van der Waals surface area contributed by atoms with Crippen LogP contribution in [0.4, 0.5) is 5.82 Å². The summed E-state index contributed by atoms with van der Waals surface area (Å²) in [6.45, 7) is 3.03. The monoisotopic (exact) mass is 280 g/mol. The lowest BCUT2D eigenvalue weighted by molar-refractivity contribution is 0.122. The van der Waals surface area contributed by atoms with Gasteiger partial charge in [-0.15, -0.1) is 0 Å². The smallest absolute Gasteiger partial charge is 0.191 e. The molecule has 106 valence electrons. The molecule has 1 aromatic heterocycles. The molecule has 4 rings (SSSR count). The Labute approximate surface area is 122 Å². The first-order valence-corrected chi connectivity index (χ1v) is 7.20. The standard InChI is InChI=1S/C17H16N2O2/c20-15-11-16(19-7-9-21-10-8-19)18-17-13-4-2-1-3-12(13)5-6-14(15)17/h1-6,11H,7-10H2,(H,18,20). The second-order valence-electron chi connectivity index (χ2n) is 5.33. The topological polar surface area (TPSA) is 45.3 Å². The molecule has 1 fully saturated rings. The number of hydrogen-bond donors (Lipinski definition) is 1. The van der Waals surface area contributed by atoms with Crippen LogP contribution >= 0.6 is 0 Å². The van der Waals surface area contributed by atoms with E-state index in [-0.39, 0.29) is 5.43 Å². The fourth-order valence-corrected chi connectivity index (χ4v) is 2.95. The number of morpholine rings is 1. The van der Waals surface area contributed by atoms with Gasteiger partial charge in [0, 0.05) is 29.9 Å². The van der Waals surface area contributed by atoms with E-state index in [0.717, 1.165) is 40.6 Å². The number of anilines is 1. The predicted molar refractivity (Wildman–Crippen MR) is 85.1 cm³/mol. The van der Waals surface area contributed by atoms with Gasteiger partial charge in [0.25, 0.3) is 0 Å². The maximum absolute atomic E-state index is 12.4. The summed E-state index contributed by atoms with van der Waals surface area (Å²) in [5.41, 5.74) is 0.984. The molecule has 1 N–H and O–H groups in total. The van der Waals surface area contributed by atoms with Crippen molar-refractivity contribution in [3.8, 4) is 0 Å². The Morgan fingerprint density at radius 2 is 1.81 bits per heavy atom. The molecule has 2 heterocycles. The average Bonchev–Trinajstić information content (AvgIpc) is 2.55. The number of nitrogens with one attached hydrogen (secondary N) is 1. The number of aromatic nitrogens is 1. The highest BCUT2D eigenvalue weighted by molar-refractivity contribution is 6.05. The minimum absolute atomic E-state index is 0.0657. The lowest BCUT2D eigenvalue weighted by Crippen LogP contribution is -2.37. The molecule has 4 nitrogen and oxygen atoms in total. The number of hydrogen-bond acceptors (Lipinski definition) is 3. The highest BCUT2D eigenvalue weighted by Gasteiger charge is 2.14. The van der Waals surface area contributed by atoms with Crippen LogP contribution in [0.1, 0.15) is 0 Å². The van der Waals surface area contributed by atoms with Crippen molar-refractivity contribution < 1.29 is 4.74 Å². The van der Waals surface area contributed by atoms with Gasteiger partial charge >= 0.3 is 0 Å². The van der Waals surface area contributed by atoms with E-state index in [1.165, 1.54) is 0 Å². The van der Waals surface area contributed by atoms with Crippen LogP contribution in [0.3, 0.4) is 0 Å². The van der Waals surface area contributed by atoms with E-state index >= 15 is 0 Å². The van der Waals surface area contributed by atoms with E-state index in [0.29, 0.717) is 13.2 Å². The highest BCUT2D eigenvalue weighted by atomic mass is 16.5. The van der Waals surface area contributed by atoms with Crippen molar-refractivity contribution in [2.24, 2.45) is 0 Å². The Balaban J connectivity index is 1.98. The van der Waals surface area contributed by atoms with Crippen molar-refractivity contribution in [1.29, 1.82) is 0 Å². The van der Waals surface area contributed by atoms with Crippen LogP contribution in [-0.4, -0.2) is 31.3 Å². The predicted octanol–water partition coefficient (Wildman–Crippen LogP) is 2.52. The number of ether oxygens (including phenoxy) is 1. The third kappa shape index (κ3) is 2.08. The van der Waals surface area contributed by atoms with Crippen molar-refractivity contribution in [3.05, 3.63) is 52.7 Å². The van der Waals surface area contributed by atoms with E-state index in [1.54, 1.807) is 6.07 Å². The lowest BCUT2D eigenvalue weighted by atomic mass is 10.1. The summed E-state index contributed by atoms with van der Waals surface area (Å²) < 4.78 is 5.38. The van der Waals surface area contributed by atoms with Crippen LogP contribution in [-0.2, 0) is 4.74 Å². The summed E-state index contributed by atoms with van der Waals surface area (Å²) in [5, 5.41) is 2.97. The molecule has 1 aliphatic heterocycles. The van der Waals surface area contributed by atoms with Gasteiger partial charge in [0.2, 0.25) is 0 Å². The first-order chi connectivity index (χ1) is 10.3. The summed E-state index contributed by atoms with van der Waals surface area (Å²) in [5.74, 6) is 0.882. The highest BCUT2D eigenvalue weighted by Crippen LogP contribution is 2.24. The molecule has 0 aliphatic carbocycles. The summed E-state index contributed by atoms with van der Waals surface area (Å²) in [6, 6.07) is 13.7. The molecule has 0 saturated carbocycles. The second-order valence-corrected chi connectivity index (χ2v) is 5.33. The van der Waals surface area contributed by atoms with Crippen molar-refractivity contribution in [3.63, 3.8) is 0 Å². The number of pyridine rings is 1. The fourth-order valence-electron chi connectivity index (χ4n) is 2.95. The molecule has 0 bridgehead atoms. The number of benzene rings is 2. The molecule has 1 aliphatic rings. The summed E-state index contributed by atoms with van der Waals surface area (Å²) >= 11 is 0. The SMILES string of the molecule is O=c1cc(N2CCOCC2)[nH]c2c1ccc1ccccc12. The van der Waals surface area contributed by atoms with Crippen LogP contribution < -0.4 is 10.3 Å². The number of rotatable bonds is 1. The molecule has 0 unspecified atom stereocenters. The van der Waals surface area contributed by atoms with Gasteiger partial charge in [0.15, 0.2) is 5.43 Å². The summed E-state index contributed by atoms with van der Waals surface area (Å²) in [7, 11) is 0. The molecule has 4 heteroatoms. The Morgan fingerprint density at radius 1 is 1.00 bits per heavy atom. The van der Waals surface area contributed by atoms with Gasteiger partial charge in [-0.2, -0.15) is 0 Å². The molecule has 0 amide bonds. The number of aromatic amines is 1. The normalized spacial score (nSPS) is 15.7. The lowest BCUT2D eigenvalue weighted by Gasteiger charge is -2.28. The molecular formula is C17H16N2O2. The number of fused-ring (bicyclic) bond motifs is 3. The zero-order valence-corrected chi connectivity index (χ0v) is 11.6. The quantitative estimate of drug-likeness (QED) is 0.697. The molecule has 0 atom stereocenters. The summed E-state index contributed by atoms with van der Waals surface area (Å²) in [4.78, 5) is 18.0. The molecule has 1 saturated heterocycles. The van der Waals surface area contributed by atoms with Crippen molar-refractivity contribution in [2.45, 2.75) is 0 Å². The second kappa shape index (κ2) is 4.90. The van der Waals surface area contributed by atoms with E-state index in [2.05, 4.69) is 22.0 Å². The minimum Gasteiger partial charge on any atom is -0.378 e. The Kier molecular flexibility index (Phi) is 2.89. The first-order valence-electron chi connectivity index (χ1n) is 7.20. The van der Waals surface area contributed by atoms with E-state index < -0.39 is 0 Å². The third-order valence-corrected chi connectivity index (χ3v) is 4.07. The van der Waals surface area contributed by atoms with E-state index in [1.807, 2.05) is 24.3 Å². The van der Waals surface area contributed by atoms with Crippen molar-refractivity contribution >= 4 is 27.5 Å². The Bertz CT molecular complexity index is 863. The molecule has 21 heavy (non-hydrogen) atoms. The van der Waals surface area contributed by atoms with Gasteiger partial charge in [-0.1, -0.05) is 30.3 Å². The number of nitrogens with zero attached hydrogens (tertiary/aromatic N) is 1. The Hall–Kier alpha value is -2.33. The zero-order valence-electron chi connectivity index (χ0n) is 11.6. The fraction of sp³-hybridized carbons (Fsp3) is 0.235.